The quantitative estimate of drug-likeness (QED) is 0.735. The van der Waals surface area contributed by atoms with Crippen molar-refractivity contribution >= 4 is 23.6 Å². The van der Waals surface area contributed by atoms with Crippen molar-refractivity contribution in [2.75, 3.05) is 51.7 Å². The van der Waals surface area contributed by atoms with Gasteiger partial charge in [0.05, 0.1) is 6.54 Å². The number of carbonyl (C=O) groups is 3. The second-order valence-electron chi connectivity index (χ2n) is 9.60. The maximum absolute atomic E-state index is 13.1. The number of carbonyl (C=O) groups excluding carboxylic acids is 3. The summed E-state index contributed by atoms with van der Waals surface area (Å²) in [6.45, 7) is 10.2. The van der Waals surface area contributed by atoms with Crippen LogP contribution < -0.4 is 4.90 Å². The molecular weight excluding hydrogens is 396 g/mol. The van der Waals surface area contributed by atoms with Crippen molar-refractivity contribution in [2.45, 2.75) is 45.8 Å². The summed E-state index contributed by atoms with van der Waals surface area (Å²) in [6.07, 6.45) is 0.484. The van der Waals surface area contributed by atoms with Crippen molar-refractivity contribution in [3.63, 3.8) is 0 Å². The molecule has 0 saturated carbocycles. The molecule has 3 amide bonds. The summed E-state index contributed by atoms with van der Waals surface area (Å²) in [5.74, 6) is -0.0553. The molecule has 0 N–H and O–H groups in total. The monoisotopic (exact) mass is 430 g/mol. The SMILES string of the molecule is C[C@@H]1CN(CC(=O)N2CCc3ccc(C(=O)N(C)C)cc32)CCN1C(=O)OC(C)(C)C. The van der Waals surface area contributed by atoms with Gasteiger partial charge in [0.25, 0.3) is 5.91 Å². The smallest absolute Gasteiger partial charge is 0.410 e. The number of rotatable bonds is 3. The van der Waals surface area contributed by atoms with Gasteiger partial charge in [-0.1, -0.05) is 6.07 Å². The molecular formula is C23H34N4O4. The first-order chi connectivity index (χ1) is 14.5. The minimum atomic E-state index is -0.528. The first-order valence-electron chi connectivity index (χ1n) is 10.8. The van der Waals surface area contributed by atoms with Gasteiger partial charge in [-0.25, -0.2) is 4.79 Å². The Labute approximate surface area is 184 Å². The van der Waals surface area contributed by atoms with Crippen LogP contribution in [0.4, 0.5) is 10.5 Å². The van der Waals surface area contributed by atoms with E-state index < -0.39 is 5.60 Å². The van der Waals surface area contributed by atoms with Gasteiger partial charge in [0.15, 0.2) is 0 Å². The number of hydrogen-bond acceptors (Lipinski definition) is 5. The van der Waals surface area contributed by atoms with Crippen LogP contribution in [-0.4, -0.2) is 91.1 Å². The van der Waals surface area contributed by atoms with Gasteiger partial charge < -0.3 is 19.4 Å². The number of ether oxygens (including phenoxy) is 1. The third-order valence-corrected chi connectivity index (χ3v) is 5.63. The molecule has 170 valence electrons. The summed E-state index contributed by atoms with van der Waals surface area (Å²) in [6, 6.07) is 5.56. The number of amides is 3. The number of hydrogen-bond donors (Lipinski definition) is 0. The molecule has 0 unspecified atom stereocenters. The lowest BCUT2D eigenvalue weighted by atomic mass is 10.1. The zero-order valence-electron chi connectivity index (χ0n) is 19.5. The van der Waals surface area contributed by atoms with Crippen molar-refractivity contribution < 1.29 is 19.1 Å². The van der Waals surface area contributed by atoms with E-state index >= 15 is 0 Å². The molecule has 8 nitrogen and oxygen atoms in total. The molecule has 0 radical (unpaired) electrons. The largest absolute Gasteiger partial charge is 0.444 e. The van der Waals surface area contributed by atoms with Gasteiger partial charge in [-0.3, -0.25) is 14.5 Å². The summed E-state index contributed by atoms with van der Waals surface area (Å²) in [7, 11) is 3.44. The molecule has 3 rings (SSSR count). The first-order valence-corrected chi connectivity index (χ1v) is 10.8. The van der Waals surface area contributed by atoms with E-state index in [4.69, 9.17) is 4.74 Å². The van der Waals surface area contributed by atoms with Crippen LogP contribution in [0.3, 0.4) is 0 Å². The Hall–Kier alpha value is -2.61. The van der Waals surface area contributed by atoms with E-state index in [1.807, 2.05) is 45.9 Å². The molecule has 2 aliphatic heterocycles. The van der Waals surface area contributed by atoms with Crippen LogP contribution in [0, 0.1) is 0 Å². The van der Waals surface area contributed by atoms with E-state index in [0.29, 0.717) is 31.7 Å². The first kappa shape index (κ1) is 23.1. The van der Waals surface area contributed by atoms with E-state index in [1.54, 1.807) is 23.9 Å². The molecule has 0 aliphatic carbocycles. The van der Waals surface area contributed by atoms with Crippen molar-refractivity contribution in [3.8, 4) is 0 Å². The summed E-state index contributed by atoms with van der Waals surface area (Å²) < 4.78 is 5.49. The van der Waals surface area contributed by atoms with E-state index in [1.165, 1.54) is 4.90 Å². The fourth-order valence-electron chi connectivity index (χ4n) is 4.07. The van der Waals surface area contributed by atoms with Crippen LogP contribution in [0.25, 0.3) is 0 Å². The van der Waals surface area contributed by atoms with Gasteiger partial charge in [0.1, 0.15) is 5.60 Å². The molecule has 1 fully saturated rings. The topological polar surface area (TPSA) is 73.4 Å². The average Bonchev–Trinajstić information content (AvgIpc) is 3.09. The second kappa shape index (κ2) is 8.86. The standard InChI is InChI=1S/C23H34N4O4/c1-16-14-25(11-12-26(16)22(30)31-23(2,3)4)15-20(28)27-10-9-17-7-8-18(13-19(17)27)21(29)24(5)6/h7-8,13,16H,9-12,14-15H2,1-6H3/t16-/m1/s1. The van der Waals surface area contributed by atoms with E-state index in [2.05, 4.69) is 4.90 Å². The molecule has 2 heterocycles. The molecule has 0 bridgehead atoms. The minimum Gasteiger partial charge on any atom is -0.444 e. The maximum atomic E-state index is 13.1. The Morgan fingerprint density at radius 1 is 1.13 bits per heavy atom. The molecule has 1 aromatic rings. The normalized spacial score (nSPS) is 19.2. The van der Waals surface area contributed by atoms with Crippen molar-refractivity contribution in [1.82, 2.24) is 14.7 Å². The minimum absolute atomic E-state index is 0.0196. The zero-order valence-corrected chi connectivity index (χ0v) is 19.5. The predicted octanol–water partition coefficient (Wildman–Crippen LogP) is 2.22. The molecule has 1 aromatic carbocycles. The van der Waals surface area contributed by atoms with Crippen molar-refractivity contribution in [3.05, 3.63) is 29.3 Å². The average molecular weight is 431 g/mol. The Morgan fingerprint density at radius 3 is 2.45 bits per heavy atom. The fraction of sp³-hybridized carbons (Fsp3) is 0.609. The van der Waals surface area contributed by atoms with Crippen LogP contribution in [0.15, 0.2) is 18.2 Å². The lowest BCUT2D eigenvalue weighted by Crippen LogP contribution is -2.56. The lowest BCUT2D eigenvalue weighted by Gasteiger charge is -2.40. The zero-order chi connectivity index (χ0) is 22.9. The Bertz CT molecular complexity index is 862. The summed E-state index contributed by atoms with van der Waals surface area (Å²) >= 11 is 0. The maximum Gasteiger partial charge on any atom is 0.410 e. The number of piperazine rings is 1. The number of fused-ring (bicyclic) bond motifs is 1. The Morgan fingerprint density at radius 2 is 1.84 bits per heavy atom. The lowest BCUT2D eigenvalue weighted by molar-refractivity contribution is -0.120. The number of benzene rings is 1. The van der Waals surface area contributed by atoms with E-state index in [9.17, 15) is 14.4 Å². The van der Waals surface area contributed by atoms with Gasteiger partial charge in [-0.15, -0.1) is 0 Å². The molecule has 2 aliphatic rings. The highest BCUT2D eigenvalue weighted by atomic mass is 16.6. The highest BCUT2D eigenvalue weighted by Gasteiger charge is 2.33. The van der Waals surface area contributed by atoms with Crippen LogP contribution in [0.1, 0.15) is 43.6 Å². The summed E-state index contributed by atoms with van der Waals surface area (Å²) in [5.41, 5.74) is 1.98. The molecule has 1 atom stereocenters. The van der Waals surface area contributed by atoms with Crippen molar-refractivity contribution in [2.24, 2.45) is 0 Å². The number of anilines is 1. The van der Waals surface area contributed by atoms with Gasteiger partial charge >= 0.3 is 6.09 Å². The van der Waals surface area contributed by atoms with E-state index in [-0.39, 0.29) is 30.5 Å². The van der Waals surface area contributed by atoms with Crippen molar-refractivity contribution in [1.29, 1.82) is 0 Å². The Balaban J connectivity index is 1.62. The third kappa shape index (κ3) is 5.36. The highest BCUT2D eigenvalue weighted by molar-refractivity contribution is 6.00. The number of nitrogens with zero attached hydrogens (tertiary/aromatic N) is 4. The van der Waals surface area contributed by atoms with Crippen LogP contribution in [-0.2, 0) is 16.0 Å². The Kier molecular flexibility index (Phi) is 6.59. The molecule has 0 aromatic heterocycles. The third-order valence-electron chi connectivity index (χ3n) is 5.63. The fourth-order valence-corrected chi connectivity index (χ4v) is 4.07. The van der Waals surface area contributed by atoms with Gasteiger partial charge in [-0.2, -0.15) is 0 Å². The van der Waals surface area contributed by atoms with Gasteiger partial charge in [0, 0.05) is 57.6 Å². The molecule has 1 saturated heterocycles. The summed E-state index contributed by atoms with van der Waals surface area (Å²) in [5, 5.41) is 0. The van der Waals surface area contributed by atoms with Crippen LogP contribution >= 0.6 is 0 Å². The van der Waals surface area contributed by atoms with Gasteiger partial charge in [0.2, 0.25) is 5.91 Å². The van der Waals surface area contributed by atoms with Gasteiger partial charge in [-0.05, 0) is 51.8 Å². The van der Waals surface area contributed by atoms with Crippen LogP contribution in [0.5, 0.6) is 0 Å². The molecule has 0 spiro atoms. The predicted molar refractivity (Wildman–Crippen MR) is 119 cm³/mol. The van der Waals surface area contributed by atoms with Crippen LogP contribution in [0.2, 0.25) is 0 Å². The molecule has 31 heavy (non-hydrogen) atoms. The molecule has 8 heteroatoms. The van der Waals surface area contributed by atoms with E-state index in [0.717, 1.165) is 17.7 Å². The second-order valence-corrected chi connectivity index (χ2v) is 9.60. The summed E-state index contributed by atoms with van der Waals surface area (Å²) in [4.78, 5) is 45.0. The highest BCUT2D eigenvalue weighted by Crippen LogP contribution is 2.30.